The van der Waals surface area contributed by atoms with E-state index >= 15 is 0 Å². The number of nitrogens with two attached hydrogens (primary N) is 1. The molecule has 9 heteroatoms. The van der Waals surface area contributed by atoms with Crippen LogP contribution in [0.15, 0.2) is 85.1 Å². The number of fused-ring (bicyclic) bond motifs is 1. The Morgan fingerprint density at radius 2 is 1.68 bits per heavy atom. The normalized spacial score (nSPS) is 15.9. The number of ether oxygens (including phenoxy) is 1. The first-order chi connectivity index (χ1) is 19.9. The molecule has 1 saturated carbocycles. The molecule has 204 valence electrons. The molecule has 1 saturated heterocycles. The maximum Gasteiger partial charge on any atom is 0.308 e. The second kappa shape index (κ2) is 9.55. The zero-order valence-corrected chi connectivity index (χ0v) is 22.5. The van der Waals surface area contributed by atoms with Crippen molar-refractivity contribution in [2.24, 2.45) is 11.3 Å². The third-order valence-corrected chi connectivity index (χ3v) is 8.26. The summed E-state index contributed by atoms with van der Waals surface area (Å²) in [6.45, 7) is 1.34. The summed E-state index contributed by atoms with van der Waals surface area (Å²) in [6.07, 6.45) is 3.22. The average molecular weight is 545 g/mol. The minimum absolute atomic E-state index is 0.0135. The van der Waals surface area contributed by atoms with E-state index in [1.165, 1.54) is 7.11 Å². The van der Waals surface area contributed by atoms with Crippen LogP contribution in [0.4, 0.5) is 5.82 Å². The molecule has 1 aliphatic carbocycles. The third kappa shape index (κ3) is 4.21. The highest BCUT2D eigenvalue weighted by molar-refractivity contribution is 5.95. The number of carbonyl (C=O) groups excluding carboxylic acids is 2. The molecule has 0 radical (unpaired) electrons. The Balaban J connectivity index is 1.21. The predicted octanol–water partition coefficient (Wildman–Crippen LogP) is 4.76. The minimum atomic E-state index is -0.152. The molecule has 0 unspecified atom stereocenters. The van der Waals surface area contributed by atoms with Crippen molar-refractivity contribution in [1.29, 1.82) is 0 Å². The number of methoxy groups -OCH3 is 1. The van der Waals surface area contributed by atoms with Crippen LogP contribution >= 0.6 is 0 Å². The number of benzene rings is 2. The van der Waals surface area contributed by atoms with Crippen molar-refractivity contribution in [1.82, 2.24) is 24.4 Å². The van der Waals surface area contributed by atoms with Gasteiger partial charge in [-0.05, 0) is 61.4 Å². The van der Waals surface area contributed by atoms with E-state index in [9.17, 15) is 9.59 Å². The van der Waals surface area contributed by atoms with Crippen LogP contribution in [0.1, 0.15) is 23.2 Å². The molecule has 3 aromatic heterocycles. The highest BCUT2D eigenvalue weighted by Crippen LogP contribution is 2.52. The van der Waals surface area contributed by atoms with Crippen LogP contribution in [0.2, 0.25) is 0 Å². The number of amides is 1. The van der Waals surface area contributed by atoms with Crippen molar-refractivity contribution in [2.45, 2.75) is 12.8 Å². The average Bonchev–Trinajstić information content (AvgIpc) is 3.34. The van der Waals surface area contributed by atoms with E-state index in [0.29, 0.717) is 41.5 Å². The van der Waals surface area contributed by atoms with Crippen LogP contribution in [0.5, 0.6) is 0 Å². The van der Waals surface area contributed by atoms with Gasteiger partial charge in [0, 0.05) is 41.5 Å². The Labute approximate surface area is 236 Å². The molecular weight excluding hydrogens is 516 g/mol. The van der Waals surface area contributed by atoms with Crippen LogP contribution < -0.4 is 5.73 Å². The summed E-state index contributed by atoms with van der Waals surface area (Å²) >= 11 is 0. The van der Waals surface area contributed by atoms with E-state index in [2.05, 4.69) is 4.98 Å². The van der Waals surface area contributed by atoms with E-state index in [-0.39, 0.29) is 23.2 Å². The molecule has 2 aromatic carbocycles. The third-order valence-electron chi connectivity index (χ3n) is 8.26. The fourth-order valence-corrected chi connectivity index (χ4v) is 6.18. The van der Waals surface area contributed by atoms with Crippen molar-refractivity contribution in [3.05, 3.63) is 90.6 Å². The molecule has 1 spiro atoms. The molecule has 1 amide bonds. The first kappa shape index (κ1) is 25.0. The monoisotopic (exact) mass is 544 g/mol. The van der Waals surface area contributed by atoms with Gasteiger partial charge in [0.2, 0.25) is 0 Å². The van der Waals surface area contributed by atoms with Gasteiger partial charge < -0.3 is 15.4 Å². The summed E-state index contributed by atoms with van der Waals surface area (Å²) in [5.41, 5.74) is 11.7. The van der Waals surface area contributed by atoms with E-state index in [1.54, 1.807) is 6.20 Å². The highest BCUT2D eigenvalue weighted by Gasteiger charge is 2.55. The molecule has 41 heavy (non-hydrogen) atoms. The van der Waals surface area contributed by atoms with Gasteiger partial charge in [-0.25, -0.2) is 15.0 Å². The van der Waals surface area contributed by atoms with E-state index in [4.69, 9.17) is 20.4 Å². The van der Waals surface area contributed by atoms with E-state index < -0.39 is 0 Å². The van der Waals surface area contributed by atoms with Gasteiger partial charge in [-0.1, -0.05) is 30.3 Å². The van der Waals surface area contributed by atoms with Crippen molar-refractivity contribution in [2.75, 3.05) is 25.9 Å². The number of pyridine rings is 2. The lowest BCUT2D eigenvalue weighted by Crippen LogP contribution is -2.64. The summed E-state index contributed by atoms with van der Waals surface area (Å²) < 4.78 is 6.82. The Morgan fingerprint density at radius 1 is 0.927 bits per heavy atom. The first-order valence-corrected chi connectivity index (χ1v) is 13.6. The van der Waals surface area contributed by atoms with Gasteiger partial charge in [0.15, 0.2) is 11.5 Å². The fraction of sp³-hybridized carbons (Fsp3) is 0.219. The van der Waals surface area contributed by atoms with Gasteiger partial charge in [-0.15, -0.1) is 0 Å². The highest BCUT2D eigenvalue weighted by atomic mass is 16.5. The Bertz CT molecular complexity index is 1780. The van der Waals surface area contributed by atoms with Gasteiger partial charge in [0.1, 0.15) is 11.3 Å². The molecule has 9 nitrogen and oxygen atoms in total. The quantitative estimate of drug-likeness (QED) is 0.317. The molecule has 4 heterocycles. The van der Waals surface area contributed by atoms with Crippen molar-refractivity contribution >= 4 is 28.9 Å². The zero-order valence-electron chi connectivity index (χ0n) is 22.5. The lowest BCUT2D eigenvalue weighted by molar-refractivity contribution is -0.161. The number of carbonyl (C=O) groups is 2. The van der Waals surface area contributed by atoms with Gasteiger partial charge in [0.25, 0.3) is 5.91 Å². The van der Waals surface area contributed by atoms with Crippen LogP contribution in [0.3, 0.4) is 0 Å². The van der Waals surface area contributed by atoms with Crippen LogP contribution in [-0.2, 0) is 9.53 Å². The predicted molar refractivity (Wildman–Crippen MR) is 155 cm³/mol. The number of hydrogen-bond acceptors (Lipinski definition) is 7. The second-order valence-corrected chi connectivity index (χ2v) is 10.9. The number of nitrogen functional groups attached to an aromatic ring is 1. The van der Waals surface area contributed by atoms with E-state index in [1.807, 2.05) is 88.3 Å². The fourth-order valence-electron chi connectivity index (χ4n) is 6.18. The number of likely N-dealkylation sites (tertiary alicyclic amines) is 1. The maximum absolute atomic E-state index is 13.2. The van der Waals surface area contributed by atoms with Crippen molar-refractivity contribution < 1.29 is 14.3 Å². The molecule has 2 aliphatic rings. The number of rotatable bonds is 5. The second-order valence-electron chi connectivity index (χ2n) is 10.9. The van der Waals surface area contributed by atoms with Gasteiger partial charge in [-0.3, -0.25) is 14.2 Å². The Morgan fingerprint density at radius 3 is 2.39 bits per heavy atom. The molecule has 5 aromatic rings. The molecule has 2 fully saturated rings. The van der Waals surface area contributed by atoms with Crippen LogP contribution in [0, 0.1) is 11.3 Å². The summed E-state index contributed by atoms with van der Waals surface area (Å²) in [5.74, 6) is 0.787. The van der Waals surface area contributed by atoms with Gasteiger partial charge in [0.05, 0.1) is 24.3 Å². The Kier molecular flexibility index (Phi) is 5.81. The van der Waals surface area contributed by atoms with Crippen molar-refractivity contribution in [3.63, 3.8) is 0 Å². The van der Waals surface area contributed by atoms with Gasteiger partial charge >= 0.3 is 5.97 Å². The number of aromatic nitrogens is 4. The summed E-state index contributed by atoms with van der Waals surface area (Å²) in [6, 6.07) is 25.1. The first-order valence-electron chi connectivity index (χ1n) is 13.6. The molecule has 0 bridgehead atoms. The molecule has 7 rings (SSSR count). The summed E-state index contributed by atoms with van der Waals surface area (Å²) in [5, 5.41) is 0. The van der Waals surface area contributed by atoms with Gasteiger partial charge in [-0.2, -0.15) is 0 Å². The SMILES string of the molecule is COC(=O)C1CC2(C1)CN(C(=O)c1ccc(-n3c(-c4cccnc4N)nc4ccc(-c5ccccc5)nc43)cc1)C2. The van der Waals surface area contributed by atoms with Crippen LogP contribution in [-0.4, -0.2) is 56.5 Å². The largest absolute Gasteiger partial charge is 0.469 e. The van der Waals surface area contributed by atoms with E-state index in [0.717, 1.165) is 35.3 Å². The molecular formula is C32H28N6O3. The standard InChI is InChI=1S/C32H28N6O3/c1-41-31(40)22-16-32(17-22)18-37(19-32)30(39)21-9-11-23(12-10-21)38-28(24-8-5-15-34-27(24)33)36-26-14-13-25(35-29(26)38)20-6-3-2-4-7-20/h2-15,22H,16-19H2,1H3,(H2,33,34). The number of esters is 1. The van der Waals surface area contributed by atoms with Crippen molar-refractivity contribution in [3.8, 4) is 28.3 Å². The molecule has 2 N–H and O–H groups in total. The molecule has 0 atom stereocenters. The zero-order chi connectivity index (χ0) is 28.1. The lowest BCUT2D eigenvalue weighted by atomic mass is 9.57. The number of anilines is 1. The Hall–Kier alpha value is -5.05. The molecule has 1 aliphatic heterocycles. The number of imidazole rings is 1. The minimum Gasteiger partial charge on any atom is -0.469 e. The number of hydrogen-bond donors (Lipinski definition) is 1. The topological polar surface area (TPSA) is 116 Å². The van der Waals surface area contributed by atoms with Crippen LogP contribution in [0.25, 0.3) is 39.5 Å². The smallest absolute Gasteiger partial charge is 0.308 e. The summed E-state index contributed by atoms with van der Waals surface area (Å²) in [4.78, 5) is 41.0. The lowest BCUT2D eigenvalue weighted by Gasteiger charge is -2.58. The maximum atomic E-state index is 13.2. The summed E-state index contributed by atoms with van der Waals surface area (Å²) in [7, 11) is 1.42. The number of nitrogens with zero attached hydrogens (tertiary/aromatic N) is 5.